The molecule has 0 radical (unpaired) electrons. The van der Waals surface area contributed by atoms with E-state index >= 15 is 0 Å². The van der Waals surface area contributed by atoms with Crippen LogP contribution in [0.25, 0.3) is 0 Å². The third-order valence-electron chi connectivity index (χ3n) is 5.36. The van der Waals surface area contributed by atoms with Crippen molar-refractivity contribution in [2.24, 2.45) is 5.92 Å². The van der Waals surface area contributed by atoms with Gasteiger partial charge in [-0.15, -0.1) is 0 Å². The van der Waals surface area contributed by atoms with Crippen molar-refractivity contribution in [2.45, 2.75) is 38.1 Å². The summed E-state index contributed by atoms with van der Waals surface area (Å²) in [5.41, 5.74) is -0.994. The number of rotatable bonds is 5. The predicted octanol–water partition coefficient (Wildman–Crippen LogP) is 1.95. The largest absolute Gasteiger partial charge is 0.454 e. The number of nitrogens with zero attached hydrogens (tertiary/aromatic N) is 1. The summed E-state index contributed by atoms with van der Waals surface area (Å²) in [7, 11) is 0. The normalized spacial score (nSPS) is 23.8. The van der Waals surface area contributed by atoms with Gasteiger partial charge >= 0.3 is 12.0 Å². The van der Waals surface area contributed by atoms with E-state index in [1.165, 1.54) is 0 Å². The number of carbonyl (C=O) groups is 4. The Morgan fingerprint density at radius 1 is 1.28 bits per heavy atom. The first-order valence-corrected chi connectivity index (χ1v) is 9.27. The maximum atomic E-state index is 13.1. The Labute approximate surface area is 165 Å². The van der Waals surface area contributed by atoms with Crippen LogP contribution in [0.1, 0.15) is 32.6 Å². The van der Waals surface area contributed by atoms with Crippen LogP contribution >= 0.6 is 0 Å². The molecule has 1 aromatic rings. The molecule has 1 saturated carbocycles. The Morgan fingerprint density at radius 3 is 2.72 bits per heavy atom. The number of urea groups is 1. The second-order valence-corrected chi connectivity index (χ2v) is 7.28. The molecular formula is C19H21F2N3O5. The van der Waals surface area contributed by atoms with E-state index in [-0.39, 0.29) is 11.6 Å². The molecule has 8 nitrogen and oxygen atoms in total. The minimum Gasteiger partial charge on any atom is -0.454 e. The molecule has 1 aliphatic heterocycles. The van der Waals surface area contributed by atoms with Gasteiger partial charge < -0.3 is 15.4 Å². The molecule has 0 unspecified atom stereocenters. The Kier molecular flexibility index (Phi) is 5.81. The van der Waals surface area contributed by atoms with E-state index in [9.17, 15) is 28.0 Å². The van der Waals surface area contributed by atoms with Gasteiger partial charge in [0.2, 0.25) is 0 Å². The summed E-state index contributed by atoms with van der Waals surface area (Å²) in [4.78, 5) is 49.6. The van der Waals surface area contributed by atoms with E-state index < -0.39 is 54.1 Å². The molecule has 1 aliphatic carbocycles. The molecule has 2 atom stereocenters. The van der Waals surface area contributed by atoms with Crippen LogP contribution in [0.15, 0.2) is 18.2 Å². The highest BCUT2D eigenvalue weighted by atomic mass is 19.2. The van der Waals surface area contributed by atoms with E-state index in [2.05, 4.69) is 10.6 Å². The SMILES string of the molecule is C[C@@H]1CCCC[C@@]12NC(=O)N(CC(=O)OCC(=O)Nc1ccc(F)c(F)c1)C2=O. The van der Waals surface area contributed by atoms with Gasteiger partial charge in [0.15, 0.2) is 18.2 Å². The number of anilines is 1. The molecule has 1 saturated heterocycles. The van der Waals surface area contributed by atoms with Crippen molar-refractivity contribution in [2.75, 3.05) is 18.5 Å². The monoisotopic (exact) mass is 409 g/mol. The zero-order chi connectivity index (χ0) is 21.2. The number of esters is 1. The fourth-order valence-electron chi connectivity index (χ4n) is 3.73. The minimum atomic E-state index is -1.13. The summed E-state index contributed by atoms with van der Waals surface area (Å²) >= 11 is 0. The van der Waals surface area contributed by atoms with E-state index in [0.29, 0.717) is 6.42 Å². The number of ether oxygens (including phenoxy) is 1. The zero-order valence-electron chi connectivity index (χ0n) is 15.8. The Morgan fingerprint density at radius 2 is 2.03 bits per heavy atom. The Bertz CT molecular complexity index is 862. The fraction of sp³-hybridized carbons (Fsp3) is 0.474. The summed E-state index contributed by atoms with van der Waals surface area (Å²) < 4.78 is 30.8. The molecule has 0 bridgehead atoms. The van der Waals surface area contributed by atoms with Crippen molar-refractivity contribution in [1.29, 1.82) is 0 Å². The second kappa shape index (κ2) is 8.14. The molecular weight excluding hydrogens is 388 g/mol. The first-order valence-electron chi connectivity index (χ1n) is 9.27. The van der Waals surface area contributed by atoms with Crippen LogP contribution in [-0.2, 0) is 19.1 Å². The third kappa shape index (κ3) is 4.20. The van der Waals surface area contributed by atoms with Gasteiger partial charge in [-0.2, -0.15) is 0 Å². The fourth-order valence-corrected chi connectivity index (χ4v) is 3.73. The molecule has 1 aromatic carbocycles. The first kappa shape index (κ1) is 20.7. The molecule has 10 heteroatoms. The molecule has 1 spiro atoms. The molecule has 4 amide bonds. The van der Waals surface area contributed by atoms with E-state index in [1.807, 2.05) is 6.92 Å². The lowest BCUT2D eigenvalue weighted by atomic mass is 9.73. The van der Waals surface area contributed by atoms with Crippen LogP contribution in [0, 0.1) is 17.6 Å². The van der Waals surface area contributed by atoms with Crippen LogP contribution in [0.4, 0.5) is 19.3 Å². The maximum Gasteiger partial charge on any atom is 0.326 e. The molecule has 2 N–H and O–H groups in total. The zero-order valence-corrected chi connectivity index (χ0v) is 15.8. The summed E-state index contributed by atoms with van der Waals surface area (Å²) in [6.45, 7) is 0.572. The van der Waals surface area contributed by atoms with Crippen LogP contribution in [0.5, 0.6) is 0 Å². The number of benzene rings is 1. The third-order valence-corrected chi connectivity index (χ3v) is 5.36. The van der Waals surface area contributed by atoms with Crippen molar-refractivity contribution < 1.29 is 32.7 Å². The van der Waals surface area contributed by atoms with Gasteiger partial charge in [-0.25, -0.2) is 13.6 Å². The van der Waals surface area contributed by atoms with E-state index in [1.54, 1.807) is 0 Å². The number of carbonyl (C=O) groups excluding carboxylic acids is 4. The van der Waals surface area contributed by atoms with Crippen molar-refractivity contribution in [1.82, 2.24) is 10.2 Å². The summed E-state index contributed by atoms with van der Waals surface area (Å²) in [5.74, 6) is -4.42. The summed E-state index contributed by atoms with van der Waals surface area (Å²) in [6.07, 6.45) is 3.09. The van der Waals surface area contributed by atoms with E-state index in [0.717, 1.165) is 42.4 Å². The average molecular weight is 409 g/mol. The number of hydrogen-bond acceptors (Lipinski definition) is 5. The topological polar surface area (TPSA) is 105 Å². The lowest BCUT2D eigenvalue weighted by Gasteiger charge is -2.36. The van der Waals surface area contributed by atoms with Crippen LogP contribution in [0.3, 0.4) is 0 Å². The summed E-state index contributed by atoms with van der Waals surface area (Å²) in [6, 6.07) is 2.12. The van der Waals surface area contributed by atoms with Gasteiger partial charge in [0.05, 0.1) is 0 Å². The molecule has 29 heavy (non-hydrogen) atoms. The van der Waals surface area contributed by atoms with Gasteiger partial charge in [-0.1, -0.05) is 19.8 Å². The van der Waals surface area contributed by atoms with Crippen molar-refractivity contribution >= 4 is 29.5 Å². The number of amides is 4. The van der Waals surface area contributed by atoms with Gasteiger partial charge in [0, 0.05) is 11.8 Å². The van der Waals surface area contributed by atoms with Gasteiger partial charge in [-0.3, -0.25) is 19.3 Å². The highest BCUT2D eigenvalue weighted by molar-refractivity contribution is 6.09. The molecule has 2 aliphatic rings. The van der Waals surface area contributed by atoms with Gasteiger partial charge in [0.1, 0.15) is 12.1 Å². The molecule has 0 aromatic heterocycles. The quantitative estimate of drug-likeness (QED) is 0.571. The Hall–Kier alpha value is -3.04. The number of nitrogens with one attached hydrogen (secondary N) is 2. The second-order valence-electron chi connectivity index (χ2n) is 7.28. The number of imide groups is 1. The minimum absolute atomic E-state index is 0.00715. The van der Waals surface area contributed by atoms with Crippen LogP contribution in [0.2, 0.25) is 0 Å². The lowest BCUT2D eigenvalue weighted by molar-refractivity contribution is -0.150. The maximum absolute atomic E-state index is 13.1. The van der Waals surface area contributed by atoms with Crippen molar-refractivity contribution in [3.63, 3.8) is 0 Å². The van der Waals surface area contributed by atoms with Crippen molar-refractivity contribution in [3.05, 3.63) is 29.8 Å². The predicted molar refractivity (Wildman–Crippen MR) is 96.6 cm³/mol. The summed E-state index contributed by atoms with van der Waals surface area (Å²) in [5, 5.41) is 4.96. The average Bonchev–Trinajstić information content (AvgIpc) is 2.90. The smallest absolute Gasteiger partial charge is 0.326 e. The Balaban J connectivity index is 1.52. The lowest BCUT2D eigenvalue weighted by Crippen LogP contribution is -2.54. The van der Waals surface area contributed by atoms with Gasteiger partial charge in [0.25, 0.3) is 11.8 Å². The van der Waals surface area contributed by atoms with Gasteiger partial charge in [-0.05, 0) is 30.9 Å². The van der Waals surface area contributed by atoms with Crippen LogP contribution in [-0.4, -0.2) is 47.4 Å². The van der Waals surface area contributed by atoms with E-state index in [4.69, 9.17) is 4.74 Å². The first-order chi connectivity index (χ1) is 13.7. The number of hydrogen-bond donors (Lipinski definition) is 2. The molecule has 156 valence electrons. The molecule has 2 fully saturated rings. The highest BCUT2D eigenvalue weighted by Gasteiger charge is 2.55. The van der Waals surface area contributed by atoms with Crippen LogP contribution < -0.4 is 10.6 Å². The standard InChI is InChI=1S/C19H21F2N3O5/c1-11-4-2-3-7-19(11)17(27)24(18(28)23-19)9-16(26)29-10-15(25)22-12-5-6-13(20)14(21)8-12/h5-6,8,11H,2-4,7,9-10H2,1H3,(H,22,25)(H,23,28)/t11-,19-/m1/s1. The van der Waals surface area contributed by atoms with Crippen molar-refractivity contribution in [3.8, 4) is 0 Å². The molecule has 3 rings (SSSR count). The molecule has 1 heterocycles. The highest BCUT2D eigenvalue weighted by Crippen LogP contribution is 2.38. The number of halogens is 2.